The molecule has 0 saturated heterocycles. The predicted molar refractivity (Wildman–Crippen MR) is 73.9 cm³/mol. The minimum absolute atomic E-state index is 0.152. The fourth-order valence-corrected chi connectivity index (χ4v) is 1.90. The second kappa shape index (κ2) is 5.05. The molecular weight excluding hydrogens is 257 g/mol. The number of hydrogen-bond donors (Lipinski definition) is 1. The van der Waals surface area contributed by atoms with Gasteiger partial charge in [-0.2, -0.15) is 0 Å². The number of benzene rings is 1. The van der Waals surface area contributed by atoms with Crippen LogP contribution in [0, 0.1) is 5.82 Å². The van der Waals surface area contributed by atoms with Gasteiger partial charge < -0.3 is 5.32 Å². The lowest BCUT2D eigenvalue weighted by molar-refractivity contribution is 0.102. The third-order valence-corrected chi connectivity index (χ3v) is 2.84. The lowest BCUT2D eigenvalue weighted by Crippen LogP contribution is -2.14. The van der Waals surface area contributed by atoms with E-state index in [0.717, 1.165) is 11.6 Å². The number of anilines is 1. The number of aromatic nitrogens is 2. The Balaban J connectivity index is 1.93. The van der Waals surface area contributed by atoms with E-state index in [1.54, 1.807) is 12.3 Å². The highest BCUT2D eigenvalue weighted by Crippen LogP contribution is 2.21. The Kier molecular flexibility index (Phi) is 3.09. The number of hydrogen-bond acceptors (Lipinski definition) is 3. The molecule has 2 heterocycles. The fraction of sp³-hybridized carbons (Fsp3) is 0. The van der Waals surface area contributed by atoms with Crippen molar-refractivity contribution in [2.75, 3.05) is 5.32 Å². The maximum atomic E-state index is 12.8. The number of fused-ring (bicyclic) bond motifs is 1. The second-order valence-electron chi connectivity index (χ2n) is 4.20. The van der Waals surface area contributed by atoms with E-state index in [9.17, 15) is 9.18 Å². The highest BCUT2D eigenvalue weighted by Gasteiger charge is 2.10. The molecule has 20 heavy (non-hydrogen) atoms. The van der Waals surface area contributed by atoms with Crippen LogP contribution in [0.1, 0.15) is 10.5 Å². The van der Waals surface area contributed by atoms with E-state index >= 15 is 0 Å². The molecule has 1 aromatic carbocycles. The Bertz CT molecular complexity index is 766. The van der Waals surface area contributed by atoms with Crippen LogP contribution < -0.4 is 5.32 Å². The summed E-state index contributed by atoms with van der Waals surface area (Å²) in [7, 11) is 0. The number of carbonyl (C=O) groups is 1. The first-order chi connectivity index (χ1) is 9.74. The standard InChI is InChI=1S/C15H10FN3O/c16-11-6-7-13(18-9-11)15(20)19-12-5-1-3-10-4-2-8-17-14(10)12/h1-9H,(H,19,20). The number of halogens is 1. The number of nitrogens with one attached hydrogen (secondary N) is 1. The molecule has 0 atom stereocenters. The van der Waals surface area contributed by atoms with Crippen LogP contribution in [-0.4, -0.2) is 15.9 Å². The molecule has 98 valence electrons. The molecular formula is C15H10FN3O. The molecule has 1 N–H and O–H groups in total. The fourth-order valence-electron chi connectivity index (χ4n) is 1.90. The Morgan fingerprint density at radius 2 is 1.90 bits per heavy atom. The third-order valence-electron chi connectivity index (χ3n) is 2.84. The summed E-state index contributed by atoms with van der Waals surface area (Å²) in [4.78, 5) is 20.0. The summed E-state index contributed by atoms with van der Waals surface area (Å²) in [5.41, 5.74) is 1.45. The minimum atomic E-state index is -0.478. The highest BCUT2D eigenvalue weighted by atomic mass is 19.1. The summed E-state index contributed by atoms with van der Waals surface area (Å²) in [5, 5.41) is 3.66. The first kappa shape index (κ1) is 12.2. The van der Waals surface area contributed by atoms with Crippen molar-refractivity contribution in [3.8, 4) is 0 Å². The Hall–Kier alpha value is -2.82. The van der Waals surface area contributed by atoms with Crippen molar-refractivity contribution in [3.63, 3.8) is 0 Å². The Morgan fingerprint density at radius 3 is 2.70 bits per heavy atom. The number of rotatable bonds is 2. The van der Waals surface area contributed by atoms with Crippen molar-refractivity contribution in [1.29, 1.82) is 0 Å². The van der Waals surface area contributed by atoms with Crippen LogP contribution in [0.5, 0.6) is 0 Å². The predicted octanol–water partition coefficient (Wildman–Crippen LogP) is 3.02. The molecule has 5 heteroatoms. The maximum absolute atomic E-state index is 12.8. The molecule has 3 aromatic rings. The maximum Gasteiger partial charge on any atom is 0.274 e. The molecule has 3 rings (SSSR count). The van der Waals surface area contributed by atoms with Crippen molar-refractivity contribution in [2.24, 2.45) is 0 Å². The SMILES string of the molecule is O=C(Nc1cccc2cccnc12)c1ccc(F)cn1. The van der Waals surface area contributed by atoms with Gasteiger partial charge in [0.1, 0.15) is 11.5 Å². The summed E-state index contributed by atoms with van der Waals surface area (Å²) in [5.74, 6) is -0.878. The average Bonchev–Trinajstić information content (AvgIpc) is 2.48. The lowest BCUT2D eigenvalue weighted by atomic mass is 10.2. The molecule has 0 radical (unpaired) electrons. The Labute approximate surface area is 114 Å². The summed E-state index contributed by atoms with van der Waals surface area (Å²) in [6.45, 7) is 0. The van der Waals surface area contributed by atoms with Gasteiger partial charge in [-0.1, -0.05) is 18.2 Å². The molecule has 0 unspecified atom stereocenters. The van der Waals surface area contributed by atoms with E-state index < -0.39 is 11.7 Å². The zero-order valence-corrected chi connectivity index (χ0v) is 10.4. The summed E-state index contributed by atoms with van der Waals surface area (Å²) >= 11 is 0. The normalized spacial score (nSPS) is 10.4. The third kappa shape index (κ3) is 2.33. The van der Waals surface area contributed by atoms with Gasteiger partial charge in [0, 0.05) is 11.6 Å². The van der Waals surface area contributed by atoms with E-state index in [-0.39, 0.29) is 5.69 Å². The van der Waals surface area contributed by atoms with Crippen LogP contribution in [0.3, 0.4) is 0 Å². The second-order valence-corrected chi connectivity index (χ2v) is 4.20. The highest BCUT2D eigenvalue weighted by molar-refractivity contribution is 6.07. The number of para-hydroxylation sites is 1. The molecule has 2 aromatic heterocycles. The van der Waals surface area contributed by atoms with E-state index in [4.69, 9.17) is 0 Å². The van der Waals surface area contributed by atoms with Crippen molar-refractivity contribution in [3.05, 3.63) is 66.4 Å². The number of nitrogens with zero attached hydrogens (tertiary/aromatic N) is 2. The van der Waals surface area contributed by atoms with E-state index in [1.165, 1.54) is 12.1 Å². The van der Waals surface area contributed by atoms with Gasteiger partial charge in [0.2, 0.25) is 0 Å². The van der Waals surface area contributed by atoms with Crippen molar-refractivity contribution < 1.29 is 9.18 Å². The van der Waals surface area contributed by atoms with Crippen LogP contribution in [0.2, 0.25) is 0 Å². The Morgan fingerprint density at radius 1 is 1.05 bits per heavy atom. The molecule has 0 saturated carbocycles. The topological polar surface area (TPSA) is 54.9 Å². The van der Waals surface area contributed by atoms with Crippen LogP contribution in [0.4, 0.5) is 10.1 Å². The van der Waals surface area contributed by atoms with Crippen LogP contribution >= 0.6 is 0 Å². The van der Waals surface area contributed by atoms with Crippen LogP contribution in [-0.2, 0) is 0 Å². The first-order valence-electron chi connectivity index (χ1n) is 6.01. The van der Waals surface area contributed by atoms with Gasteiger partial charge in [-0.15, -0.1) is 0 Å². The van der Waals surface area contributed by atoms with Crippen molar-refractivity contribution in [1.82, 2.24) is 9.97 Å². The zero-order valence-electron chi connectivity index (χ0n) is 10.4. The van der Waals surface area contributed by atoms with Gasteiger partial charge in [0.25, 0.3) is 5.91 Å². The van der Waals surface area contributed by atoms with Gasteiger partial charge in [-0.3, -0.25) is 9.78 Å². The van der Waals surface area contributed by atoms with E-state index in [2.05, 4.69) is 15.3 Å². The molecule has 0 fully saturated rings. The smallest absolute Gasteiger partial charge is 0.274 e. The number of pyridine rings is 2. The van der Waals surface area contributed by atoms with Gasteiger partial charge in [-0.25, -0.2) is 9.37 Å². The molecule has 0 spiro atoms. The monoisotopic (exact) mass is 267 g/mol. The van der Waals surface area contributed by atoms with Crippen molar-refractivity contribution in [2.45, 2.75) is 0 Å². The molecule has 1 amide bonds. The van der Waals surface area contributed by atoms with E-state index in [0.29, 0.717) is 11.2 Å². The quantitative estimate of drug-likeness (QED) is 0.776. The molecule has 0 aliphatic carbocycles. The largest absolute Gasteiger partial charge is 0.319 e. The number of amides is 1. The summed E-state index contributed by atoms with van der Waals surface area (Å²) in [6, 6.07) is 11.8. The lowest BCUT2D eigenvalue weighted by Gasteiger charge is -2.07. The van der Waals surface area contributed by atoms with Crippen molar-refractivity contribution >= 4 is 22.5 Å². The van der Waals surface area contributed by atoms with Crippen LogP contribution in [0.15, 0.2) is 54.9 Å². The molecule has 4 nitrogen and oxygen atoms in total. The number of carbonyl (C=O) groups excluding carboxylic acids is 1. The molecule has 0 bridgehead atoms. The van der Waals surface area contributed by atoms with Gasteiger partial charge in [0.15, 0.2) is 0 Å². The van der Waals surface area contributed by atoms with Gasteiger partial charge in [-0.05, 0) is 24.3 Å². The minimum Gasteiger partial charge on any atom is -0.319 e. The molecule has 0 aliphatic rings. The zero-order chi connectivity index (χ0) is 13.9. The van der Waals surface area contributed by atoms with Gasteiger partial charge in [0.05, 0.1) is 17.4 Å². The van der Waals surface area contributed by atoms with E-state index in [1.807, 2.05) is 24.3 Å². The molecule has 0 aliphatic heterocycles. The van der Waals surface area contributed by atoms with Crippen LogP contribution in [0.25, 0.3) is 10.9 Å². The summed E-state index contributed by atoms with van der Waals surface area (Å²) < 4.78 is 12.8. The average molecular weight is 267 g/mol. The summed E-state index contributed by atoms with van der Waals surface area (Å²) in [6.07, 6.45) is 2.67. The van der Waals surface area contributed by atoms with Gasteiger partial charge >= 0.3 is 0 Å². The first-order valence-corrected chi connectivity index (χ1v) is 6.01.